The minimum absolute atomic E-state index is 0.0231. The molecule has 3 rings (SSSR count). The zero-order valence-electron chi connectivity index (χ0n) is 11.3. The van der Waals surface area contributed by atoms with E-state index in [9.17, 15) is 8.42 Å². The van der Waals surface area contributed by atoms with Crippen LogP contribution >= 0.6 is 11.3 Å². The van der Waals surface area contributed by atoms with Crippen molar-refractivity contribution in [2.45, 2.75) is 36.1 Å². The highest BCUT2D eigenvalue weighted by Crippen LogP contribution is 2.23. The van der Waals surface area contributed by atoms with Crippen molar-refractivity contribution in [2.24, 2.45) is 0 Å². The molecule has 0 aromatic carbocycles. The number of nitrogens with zero attached hydrogens (tertiary/aromatic N) is 2. The Hall–Kier alpha value is -1.29. The normalized spacial score (nSPS) is 15.4. The highest BCUT2D eigenvalue weighted by atomic mass is 32.2. The lowest BCUT2D eigenvalue weighted by molar-refractivity contribution is 0.409. The third-order valence-electron chi connectivity index (χ3n) is 3.11. The molecule has 2 heterocycles. The maximum absolute atomic E-state index is 12.1. The van der Waals surface area contributed by atoms with Crippen molar-refractivity contribution >= 4 is 21.4 Å². The maximum atomic E-state index is 12.1. The van der Waals surface area contributed by atoms with E-state index in [4.69, 9.17) is 0 Å². The van der Waals surface area contributed by atoms with Crippen molar-refractivity contribution in [2.75, 3.05) is 6.54 Å². The van der Waals surface area contributed by atoms with Crippen molar-refractivity contribution in [1.82, 2.24) is 20.2 Å². The molecular weight excluding hydrogens is 312 g/mol. The Balaban J connectivity index is 1.55. The van der Waals surface area contributed by atoms with Crippen LogP contribution in [0.15, 0.2) is 27.3 Å². The van der Waals surface area contributed by atoms with Crippen LogP contribution in [0.1, 0.15) is 23.5 Å². The molecule has 0 unspecified atom stereocenters. The number of thiophene rings is 1. The van der Waals surface area contributed by atoms with Crippen molar-refractivity contribution < 1.29 is 12.9 Å². The van der Waals surface area contributed by atoms with Gasteiger partial charge in [-0.1, -0.05) is 5.16 Å². The third-order valence-corrected chi connectivity index (χ3v) is 6.15. The van der Waals surface area contributed by atoms with E-state index in [2.05, 4.69) is 24.7 Å². The van der Waals surface area contributed by atoms with E-state index in [0.29, 0.717) is 16.1 Å². The Labute approximate surface area is 126 Å². The van der Waals surface area contributed by atoms with E-state index in [-0.39, 0.29) is 6.54 Å². The Morgan fingerprint density at radius 3 is 2.95 bits per heavy atom. The van der Waals surface area contributed by atoms with E-state index < -0.39 is 10.0 Å². The first-order chi connectivity index (χ1) is 10.1. The second kappa shape index (κ2) is 6.22. The summed E-state index contributed by atoms with van der Waals surface area (Å²) in [6.45, 7) is 0.913. The van der Waals surface area contributed by atoms with Crippen LogP contribution < -0.4 is 10.0 Å². The molecule has 1 saturated carbocycles. The predicted molar refractivity (Wildman–Crippen MR) is 77.4 cm³/mol. The van der Waals surface area contributed by atoms with Gasteiger partial charge >= 0.3 is 0 Å². The van der Waals surface area contributed by atoms with Crippen molar-refractivity contribution in [3.05, 3.63) is 29.2 Å². The zero-order valence-corrected chi connectivity index (χ0v) is 12.9. The summed E-state index contributed by atoms with van der Waals surface area (Å²) in [4.78, 5) is 4.83. The molecule has 0 bridgehead atoms. The number of hydrogen-bond donors (Lipinski definition) is 2. The zero-order chi connectivity index (χ0) is 14.7. The minimum Gasteiger partial charge on any atom is -0.343 e. The molecule has 2 N–H and O–H groups in total. The third kappa shape index (κ3) is 4.10. The van der Waals surface area contributed by atoms with Gasteiger partial charge in [0.1, 0.15) is 4.21 Å². The maximum Gasteiger partial charge on any atom is 0.250 e. The van der Waals surface area contributed by atoms with E-state index in [1.165, 1.54) is 30.6 Å². The van der Waals surface area contributed by atoms with Gasteiger partial charge in [-0.3, -0.25) is 0 Å². The molecule has 0 radical (unpaired) electrons. The molecule has 0 saturated heterocycles. The lowest BCUT2D eigenvalue weighted by atomic mass is 10.3. The monoisotopic (exact) mass is 328 g/mol. The van der Waals surface area contributed by atoms with Crippen molar-refractivity contribution in [1.29, 1.82) is 0 Å². The Morgan fingerprint density at radius 1 is 1.38 bits per heavy atom. The van der Waals surface area contributed by atoms with Crippen LogP contribution in [-0.2, 0) is 23.0 Å². The molecule has 2 aromatic rings. The quantitative estimate of drug-likeness (QED) is 0.747. The van der Waals surface area contributed by atoms with Gasteiger partial charge in [-0.2, -0.15) is 4.98 Å². The summed E-state index contributed by atoms with van der Waals surface area (Å²) in [7, 11) is -3.52. The number of aromatic nitrogens is 2. The van der Waals surface area contributed by atoms with Crippen LogP contribution in [-0.4, -0.2) is 31.1 Å². The van der Waals surface area contributed by atoms with Gasteiger partial charge in [0.15, 0.2) is 5.82 Å². The van der Waals surface area contributed by atoms with Gasteiger partial charge in [0.2, 0.25) is 16.4 Å². The summed E-state index contributed by atoms with van der Waals surface area (Å²) in [6.07, 6.45) is 4.52. The lowest BCUT2D eigenvalue weighted by Gasteiger charge is -2.02. The first-order valence-corrected chi connectivity index (χ1v) is 9.00. The number of hydrogen-bond acceptors (Lipinski definition) is 7. The number of sulfonamides is 1. The molecular formula is C12H16N4O3S2. The number of nitrogens with one attached hydrogen (secondary N) is 2. The molecule has 0 aliphatic heterocycles. The molecule has 114 valence electrons. The molecule has 21 heavy (non-hydrogen) atoms. The van der Waals surface area contributed by atoms with Gasteiger partial charge in [0.25, 0.3) is 0 Å². The van der Waals surface area contributed by atoms with E-state index in [0.717, 1.165) is 17.8 Å². The first-order valence-electron chi connectivity index (χ1n) is 6.70. The molecule has 2 aromatic heterocycles. The fourth-order valence-electron chi connectivity index (χ4n) is 1.82. The Bertz CT molecular complexity index is 677. The molecule has 0 spiro atoms. The molecule has 1 aliphatic rings. The van der Waals surface area contributed by atoms with E-state index in [1.54, 1.807) is 6.07 Å². The van der Waals surface area contributed by atoms with E-state index >= 15 is 0 Å². The summed E-state index contributed by atoms with van der Waals surface area (Å²) in [5.74, 6) is 0.309. The van der Waals surface area contributed by atoms with Gasteiger partial charge in [-0.15, -0.1) is 11.3 Å². The summed E-state index contributed by atoms with van der Waals surface area (Å²) >= 11 is 1.29. The fourth-order valence-corrected chi connectivity index (χ4v) is 4.20. The predicted octanol–water partition coefficient (Wildman–Crippen LogP) is 0.904. The summed E-state index contributed by atoms with van der Waals surface area (Å²) in [6, 6.07) is 4.17. The molecule has 1 aliphatic carbocycles. The van der Waals surface area contributed by atoms with Crippen LogP contribution in [0.2, 0.25) is 0 Å². The largest absolute Gasteiger partial charge is 0.343 e. The molecule has 0 amide bonds. The minimum atomic E-state index is -3.52. The van der Waals surface area contributed by atoms with Gasteiger partial charge in [0, 0.05) is 17.5 Å². The average molecular weight is 328 g/mol. The van der Waals surface area contributed by atoms with Crippen LogP contribution in [0.3, 0.4) is 0 Å². The first kappa shape index (κ1) is 14.6. The van der Waals surface area contributed by atoms with Crippen molar-refractivity contribution in [3.63, 3.8) is 0 Å². The second-order valence-corrected chi connectivity index (χ2v) is 8.03. The van der Waals surface area contributed by atoms with Crippen LogP contribution in [0.5, 0.6) is 0 Å². The molecule has 7 nitrogen and oxygen atoms in total. The van der Waals surface area contributed by atoms with Gasteiger partial charge < -0.3 is 9.84 Å². The highest BCUT2D eigenvalue weighted by molar-refractivity contribution is 7.91. The standard InChI is InChI=1S/C12H16N4O3S2/c17-21(18,15-7-11-14-8-19-16-11)12-4-3-10(20-12)5-6-13-9-1-2-9/h3-4,8-9,13,15H,1-2,5-7H2. The van der Waals surface area contributed by atoms with Gasteiger partial charge in [0.05, 0.1) is 6.54 Å². The van der Waals surface area contributed by atoms with Gasteiger partial charge in [-0.25, -0.2) is 13.1 Å². The average Bonchev–Trinajstić information content (AvgIpc) is 2.94. The lowest BCUT2D eigenvalue weighted by Crippen LogP contribution is -2.23. The molecule has 0 atom stereocenters. The topological polar surface area (TPSA) is 97.1 Å². The summed E-state index contributed by atoms with van der Waals surface area (Å²) < 4.78 is 31.6. The SMILES string of the molecule is O=S(=O)(NCc1ncon1)c1ccc(CCNC2CC2)s1. The Kier molecular flexibility index (Phi) is 4.34. The summed E-state index contributed by atoms with van der Waals surface area (Å²) in [5.41, 5.74) is 0. The fraction of sp³-hybridized carbons (Fsp3) is 0.500. The molecule has 1 fully saturated rings. The summed E-state index contributed by atoms with van der Waals surface area (Å²) in [5, 5.41) is 6.97. The number of rotatable bonds is 8. The second-order valence-electron chi connectivity index (χ2n) is 4.87. The van der Waals surface area contributed by atoms with Crippen LogP contribution in [0.25, 0.3) is 0 Å². The molecule has 9 heteroatoms. The highest BCUT2D eigenvalue weighted by Gasteiger charge is 2.20. The Morgan fingerprint density at radius 2 is 2.24 bits per heavy atom. The smallest absolute Gasteiger partial charge is 0.250 e. The van der Waals surface area contributed by atoms with Crippen LogP contribution in [0.4, 0.5) is 0 Å². The van der Waals surface area contributed by atoms with Gasteiger partial charge in [-0.05, 0) is 31.4 Å². The van der Waals surface area contributed by atoms with Crippen LogP contribution in [0, 0.1) is 0 Å². The van der Waals surface area contributed by atoms with Crippen molar-refractivity contribution in [3.8, 4) is 0 Å². The van der Waals surface area contributed by atoms with E-state index in [1.807, 2.05) is 6.07 Å².